The number of hydrogen-bond acceptors (Lipinski definition) is 5. The first kappa shape index (κ1) is 20.5. The summed E-state index contributed by atoms with van der Waals surface area (Å²) in [7, 11) is 0. The number of rotatable bonds is 7. The zero-order chi connectivity index (χ0) is 19.3. The zero-order valence-electron chi connectivity index (χ0n) is 15.3. The predicted octanol–water partition coefficient (Wildman–Crippen LogP) is 4.88. The normalized spacial score (nSPS) is 10.5. The second-order valence-corrected chi connectivity index (χ2v) is 7.79. The van der Waals surface area contributed by atoms with Gasteiger partial charge in [-0.3, -0.25) is 4.79 Å². The maximum Gasteiger partial charge on any atom is 0.341 e. The number of aryl methyl sites for hydroxylation is 3. The van der Waals surface area contributed by atoms with Gasteiger partial charge < -0.3 is 14.8 Å². The fourth-order valence-electron chi connectivity index (χ4n) is 2.50. The fraction of sp³-hybridized carbons (Fsp3) is 0.368. The Kier molecular flexibility index (Phi) is 7.23. The lowest BCUT2D eigenvalue weighted by atomic mass is 10.1. The van der Waals surface area contributed by atoms with Gasteiger partial charge in [-0.15, -0.1) is 11.3 Å². The van der Waals surface area contributed by atoms with Gasteiger partial charge in [0.2, 0.25) is 0 Å². The molecule has 1 N–H and O–H groups in total. The highest BCUT2D eigenvalue weighted by Crippen LogP contribution is 2.30. The standard InChI is InChI=1S/C19H22BrNO4S/c1-5-14-9-15(19(23)24-6-2)18(26-14)21-16(22)10-25-17-11(3)7-13(20)8-12(17)4/h7-9H,5-6,10H2,1-4H3,(H,21,22). The number of hydrogen-bond donors (Lipinski definition) is 1. The average molecular weight is 440 g/mol. The minimum Gasteiger partial charge on any atom is -0.483 e. The van der Waals surface area contributed by atoms with Crippen LogP contribution in [0.5, 0.6) is 5.75 Å². The molecule has 2 rings (SSSR count). The Labute approximate surface area is 165 Å². The number of ether oxygens (including phenoxy) is 2. The molecule has 0 aliphatic heterocycles. The highest BCUT2D eigenvalue weighted by atomic mass is 79.9. The van der Waals surface area contributed by atoms with Crippen molar-refractivity contribution < 1.29 is 19.1 Å². The first-order chi connectivity index (χ1) is 12.3. The van der Waals surface area contributed by atoms with Crippen molar-refractivity contribution in [2.75, 3.05) is 18.5 Å². The number of benzene rings is 1. The number of esters is 1. The number of thiophene rings is 1. The van der Waals surface area contributed by atoms with Crippen molar-refractivity contribution in [1.82, 2.24) is 0 Å². The van der Waals surface area contributed by atoms with E-state index < -0.39 is 5.97 Å². The molecule has 0 fully saturated rings. The minimum atomic E-state index is -0.431. The van der Waals surface area contributed by atoms with Gasteiger partial charge in [-0.25, -0.2) is 4.79 Å². The van der Waals surface area contributed by atoms with Gasteiger partial charge in [0.1, 0.15) is 10.8 Å². The lowest BCUT2D eigenvalue weighted by Gasteiger charge is -2.12. The summed E-state index contributed by atoms with van der Waals surface area (Å²) in [4.78, 5) is 25.4. The predicted molar refractivity (Wildman–Crippen MR) is 107 cm³/mol. The quantitative estimate of drug-likeness (QED) is 0.623. The van der Waals surface area contributed by atoms with Crippen molar-refractivity contribution in [3.8, 4) is 5.75 Å². The van der Waals surface area contributed by atoms with Crippen molar-refractivity contribution in [1.29, 1.82) is 0 Å². The van der Waals surface area contributed by atoms with Crippen LogP contribution in [0.4, 0.5) is 5.00 Å². The first-order valence-corrected chi connectivity index (χ1v) is 9.95. The SMILES string of the molecule is CCOC(=O)c1cc(CC)sc1NC(=O)COc1c(C)cc(Br)cc1C. The molecule has 26 heavy (non-hydrogen) atoms. The number of amides is 1. The molecule has 0 bridgehead atoms. The van der Waals surface area contributed by atoms with Crippen LogP contribution in [0.2, 0.25) is 0 Å². The van der Waals surface area contributed by atoms with E-state index >= 15 is 0 Å². The fourth-order valence-corrected chi connectivity index (χ4v) is 4.18. The Hall–Kier alpha value is -1.86. The first-order valence-electron chi connectivity index (χ1n) is 8.34. The summed E-state index contributed by atoms with van der Waals surface area (Å²) in [5.74, 6) is -0.0598. The van der Waals surface area contributed by atoms with Gasteiger partial charge in [-0.2, -0.15) is 0 Å². The molecular weight excluding hydrogens is 418 g/mol. The molecule has 0 aliphatic carbocycles. The van der Waals surface area contributed by atoms with E-state index in [9.17, 15) is 9.59 Å². The molecule has 0 saturated heterocycles. The van der Waals surface area contributed by atoms with Gasteiger partial charge in [-0.1, -0.05) is 22.9 Å². The molecule has 1 aromatic heterocycles. The number of halogens is 1. The molecule has 1 amide bonds. The Balaban J connectivity index is 2.08. The van der Waals surface area contributed by atoms with E-state index in [0.717, 1.165) is 26.9 Å². The molecule has 0 aliphatic rings. The van der Waals surface area contributed by atoms with Crippen LogP contribution in [0, 0.1) is 13.8 Å². The second kappa shape index (κ2) is 9.19. The molecule has 0 saturated carbocycles. The third-order valence-electron chi connectivity index (χ3n) is 3.65. The van der Waals surface area contributed by atoms with Gasteiger partial charge in [0.05, 0.1) is 12.2 Å². The molecular formula is C19H22BrNO4S. The van der Waals surface area contributed by atoms with E-state index in [-0.39, 0.29) is 19.1 Å². The van der Waals surface area contributed by atoms with Gasteiger partial charge in [0.15, 0.2) is 6.61 Å². The molecule has 2 aromatic rings. The van der Waals surface area contributed by atoms with Crippen LogP contribution >= 0.6 is 27.3 Å². The van der Waals surface area contributed by atoms with Crippen molar-refractivity contribution in [2.45, 2.75) is 34.1 Å². The van der Waals surface area contributed by atoms with Crippen LogP contribution in [0.25, 0.3) is 0 Å². The summed E-state index contributed by atoms with van der Waals surface area (Å²) in [6.07, 6.45) is 0.778. The molecule has 0 radical (unpaired) electrons. The number of carbonyl (C=O) groups is 2. The average Bonchev–Trinajstić information content (AvgIpc) is 2.97. The summed E-state index contributed by atoms with van der Waals surface area (Å²) in [6.45, 7) is 7.75. The Morgan fingerprint density at radius 1 is 1.15 bits per heavy atom. The highest BCUT2D eigenvalue weighted by Gasteiger charge is 2.19. The lowest BCUT2D eigenvalue weighted by Crippen LogP contribution is -2.21. The van der Waals surface area contributed by atoms with Crippen LogP contribution in [-0.4, -0.2) is 25.1 Å². The molecule has 0 spiro atoms. The second-order valence-electron chi connectivity index (χ2n) is 5.74. The van der Waals surface area contributed by atoms with Crippen LogP contribution in [0.1, 0.15) is 40.2 Å². The summed E-state index contributed by atoms with van der Waals surface area (Å²) in [5.41, 5.74) is 2.28. The maximum atomic E-state index is 12.3. The zero-order valence-corrected chi connectivity index (χ0v) is 17.7. The monoisotopic (exact) mass is 439 g/mol. The summed E-state index contributed by atoms with van der Waals surface area (Å²) < 4.78 is 11.7. The largest absolute Gasteiger partial charge is 0.483 e. The van der Waals surface area contributed by atoms with Gasteiger partial charge >= 0.3 is 5.97 Å². The van der Waals surface area contributed by atoms with E-state index in [1.165, 1.54) is 11.3 Å². The van der Waals surface area contributed by atoms with E-state index in [2.05, 4.69) is 21.2 Å². The summed E-state index contributed by atoms with van der Waals surface area (Å²) >= 11 is 4.81. The van der Waals surface area contributed by atoms with E-state index in [1.807, 2.05) is 32.9 Å². The Bertz CT molecular complexity index is 793. The van der Waals surface area contributed by atoms with E-state index in [0.29, 0.717) is 16.3 Å². The third-order valence-corrected chi connectivity index (χ3v) is 5.31. The molecule has 7 heteroatoms. The van der Waals surface area contributed by atoms with Crippen molar-refractivity contribution in [3.05, 3.63) is 44.2 Å². The molecule has 1 aromatic carbocycles. The lowest BCUT2D eigenvalue weighted by molar-refractivity contribution is -0.118. The molecule has 0 atom stereocenters. The smallest absolute Gasteiger partial charge is 0.341 e. The van der Waals surface area contributed by atoms with Crippen molar-refractivity contribution in [2.24, 2.45) is 0 Å². The minimum absolute atomic E-state index is 0.134. The summed E-state index contributed by atoms with van der Waals surface area (Å²) in [6, 6.07) is 5.64. The molecule has 5 nitrogen and oxygen atoms in total. The van der Waals surface area contributed by atoms with Crippen molar-refractivity contribution >= 4 is 44.1 Å². The van der Waals surface area contributed by atoms with Crippen LogP contribution < -0.4 is 10.1 Å². The number of carbonyl (C=O) groups excluding carboxylic acids is 2. The third kappa shape index (κ3) is 5.08. The van der Waals surface area contributed by atoms with Crippen LogP contribution in [-0.2, 0) is 16.0 Å². The Morgan fingerprint density at radius 2 is 1.81 bits per heavy atom. The Morgan fingerprint density at radius 3 is 2.38 bits per heavy atom. The number of nitrogens with one attached hydrogen (secondary N) is 1. The van der Waals surface area contributed by atoms with E-state index in [1.54, 1.807) is 13.0 Å². The van der Waals surface area contributed by atoms with Crippen LogP contribution in [0.15, 0.2) is 22.7 Å². The van der Waals surface area contributed by atoms with E-state index in [4.69, 9.17) is 9.47 Å². The molecule has 1 heterocycles. The highest BCUT2D eigenvalue weighted by molar-refractivity contribution is 9.10. The molecule has 140 valence electrons. The topological polar surface area (TPSA) is 64.6 Å². The maximum absolute atomic E-state index is 12.3. The van der Waals surface area contributed by atoms with Gasteiger partial charge in [0.25, 0.3) is 5.91 Å². The van der Waals surface area contributed by atoms with Crippen LogP contribution in [0.3, 0.4) is 0 Å². The summed E-state index contributed by atoms with van der Waals surface area (Å²) in [5, 5.41) is 3.27. The van der Waals surface area contributed by atoms with Gasteiger partial charge in [0, 0.05) is 9.35 Å². The number of anilines is 1. The van der Waals surface area contributed by atoms with Gasteiger partial charge in [-0.05, 0) is 56.5 Å². The molecule has 0 unspecified atom stereocenters. The van der Waals surface area contributed by atoms with Crippen molar-refractivity contribution in [3.63, 3.8) is 0 Å².